The van der Waals surface area contributed by atoms with E-state index in [1.807, 2.05) is 44.2 Å². The zero-order valence-corrected chi connectivity index (χ0v) is 13.2. The van der Waals surface area contributed by atoms with Gasteiger partial charge >= 0.3 is 0 Å². The normalized spacial score (nSPS) is 12.3. The molecule has 3 aromatic rings. The molecule has 0 aliphatic rings. The Labute approximate surface area is 134 Å². The zero-order chi connectivity index (χ0) is 15.7. The summed E-state index contributed by atoms with van der Waals surface area (Å²) in [4.78, 5) is 0. The van der Waals surface area contributed by atoms with Crippen molar-refractivity contribution < 1.29 is 9.52 Å². The first kappa shape index (κ1) is 14.7. The van der Waals surface area contributed by atoms with Crippen LogP contribution in [-0.2, 0) is 0 Å². The SMILES string of the molecule is Cc1ccc(-c2nnc(C(S)c3ccc(O)c(C)c3)o2)cc1. The van der Waals surface area contributed by atoms with Crippen molar-refractivity contribution in [2.45, 2.75) is 19.1 Å². The molecule has 0 amide bonds. The van der Waals surface area contributed by atoms with Gasteiger partial charge in [0.1, 0.15) is 11.0 Å². The zero-order valence-electron chi connectivity index (χ0n) is 12.3. The summed E-state index contributed by atoms with van der Waals surface area (Å²) in [7, 11) is 0. The van der Waals surface area contributed by atoms with Crippen LogP contribution in [0.3, 0.4) is 0 Å². The van der Waals surface area contributed by atoms with E-state index in [1.54, 1.807) is 12.1 Å². The minimum Gasteiger partial charge on any atom is -0.508 e. The summed E-state index contributed by atoms with van der Waals surface area (Å²) in [6.45, 7) is 3.87. The molecule has 4 nitrogen and oxygen atoms in total. The lowest BCUT2D eigenvalue weighted by Crippen LogP contribution is -1.94. The van der Waals surface area contributed by atoms with E-state index in [0.717, 1.165) is 16.7 Å². The minimum atomic E-state index is -0.328. The molecule has 1 atom stereocenters. The molecule has 1 heterocycles. The van der Waals surface area contributed by atoms with Crippen LogP contribution in [0.15, 0.2) is 46.9 Å². The Morgan fingerprint density at radius 2 is 1.77 bits per heavy atom. The highest BCUT2D eigenvalue weighted by Gasteiger charge is 2.18. The maximum atomic E-state index is 9.59. The van der Waals surface area contributed by atoms with E-state index in [2.05, 4.69) is 22.8 Å². The highest BCUT2D eigenvalue weighted by molar-refractivity contribution is 7.80. The molecule has 1 unspecified atom stereocenters. The Balaban J connectivity index is 1.89. The molecule has 5 heteroatoms. The van der Waals surface area contributed by atoms with Crippen LogP contribution in [0.25, 0.3) is 11.5 Å². The third-order valence-corrected chi connectivity index (χ3v) is 4.03. The lowest BCUT2D eigenvalue weighted by molar-refractivity contribution is 0.470. The third-order valence-electron chi connectivity index (χ3n) is 3.51. The molecule has 1 N–H and O–H groups in total. The molecule has 0 radical (unpaired) electrons. The van der Waals surface area contributed by atoms with Crippen LogP contribution < -0.4 is 0 Å². The van der Waals surface area contributed by atoms with E-state index in [1.165, 1.54) is 5.56 Å². The topological polar surface area (TPSA) is 59.2 Å². The van der Waals surface area contributed by atoms with Crippen molar-refractivity contribution in [2.24, 2.45) is 0 Å². The van der Waals surface area contributed by atoms with Crippen molar-refractivity contribution in [3.8, 4) is 17.2 Å². The van der Waals surface area contributed by atoms with E-state index in [4.69, 9.17) is 4.42 Å². The second-order valence-corrected chi connectivity index (χ2v) is 5.78. The summed E-state index contributed by atoms with van der Waals surface area (Å²) in [5, 5.41) is 17.4. The second-order valence-electron chi connectivity index (χ2n) is 5.26. The summed E-state index contributed by atoms with van der Waals surface area (Å²) in [5.74, 6) is 1.17. The first-order valence-electron chi connectivity index (χ1n) is 6.92. The number of phenolic OH excluding ortho intramolecular Hbond substituents is 1. The highest BCUT2D eigenvalue weighted by Crippen LogP contribution is 2.31. The summed E-state index contributed by atoms with van der Waals surface area (Å²) in [5.41, 5.74) is 3.74. The molecule has 0 aliphatic heterocycles. The van der Waals surface area contributed by atoms with Crippen molar-refractivity contribution in [3.05, 3.63) is 65.0 Å². The number of aromatic hydroxyl groups is 1. The Bertz CT molecular complexity index is 797. The molecule has 22 heavy (non-hydrogen) atoms. The van der Waals surface area contributed by atoms with Crippen LogP contribution in [0, 0.1) is 13.8 Å². The number of hydrogen-bond acceptors (Lipinski definition) is 5. The number of thiol groups is 1. The monoisotopic (exact) mass is 312 g/mol. The van der Waals surface area contributed by atoms with E-state index in [9.17, 15) is 5.11 Å². The van der Waals surface area contributed by atoms with E-state index in [-0.39, 0.29) is 11.0 Å². The van der Waals surface area contributed by atoms with Crippen LogP contribution in [-0.4, -0.2) is 15.3 Å². The first-order chi connectivity index (χ1) is 10.5. The molecule has 1 aromatic heterocycles. The Kier molecular flexibility index (Phi) is 3.90. The van der Waals surface area contributed by atoms with Gasteiger partial charge in [-0.05, 0) is 43.2 Å². The first-order valence-corrected chi connectivity index (χ1v) is 7.44. The smallest absolute Gasteiger partial charge is 0.247 e. The molecule has 0 bridgehead atoms. The summed E-state index contributed by atoms with van der Waals surface area (Å²) < 4.78 is 5.73. The van der Waals surface area contributed by atoms with Crippen LogP contribution >= 0.6 is 12.6 Å². The maximum absolute atomic E-state index is 9.59. The van der Waals surface area contributed by atoms with Gasteiger partial charge in [-0.15, -0.1) is 10.2 Å². The van der Waals surface area contributed by atoms with Gasteiger partial charge in [0.25, 0.3) is 0 Å². The van der Waals surface area contributed by atoms with Crippen molar-refractivity contribution >= 4 is 12.6 Å². The van der Waals surface area contributed by atoms with Crippen LogP contribution in [0.5, 0.6) is 5.75 Å². The molecule has 0 fully saturated rings. The van der Waals surface area contributed by atoms with E-state index < -0.39 is 0 Å². The minimum absolute atomic E-state index is 0.259. The number of phenols is 1. The molecule has 112 valence electrons. The molecule has 0 aliphatic carbocycles. The number of hydrogen-bond donors (Lipinski definition) is 2. The van der Waals surface area contributed by atoms with Gasteiger partial charge in [-0.1, -0.05) is 29.8 Å². The number of rotatable bonds is 3. The van der Waals surface area contributed by atoms with Crippen molar-refractivity contribution in [1.29, 1.82) is 0 Å². The fourth-order valence-electron chi connectivity index (χ4n) is 2.15. The molecular formula is C17H16N2O2S. The highest BCUT2D eigenvalue weighted by atomic mass is 32.1. The van der Waals surface area contributed by atoms with Crippen molar-refractivity contribution in [1.82, 2.24) is 10.2 Å². The Hall–Kier alpha value is -2.27. The predicted octanol–water partition coefficient (Wildman–Crippen LogP) is 4.08. The number of nitrogens with zero attached hydrogens (tertiary/aromatic N) is 2. The standard InChI is InChI=1S/C17H16N2O2S/c1-10-3-5-12(6-4-10)16-18-19-17(21-16)15(22)13-7-8-14(20)11(2)9-13/h3-9,15,20,22H,1-2H3. The fourth-order valence-corrected chi connectivity index (χ4v) is 2.41. The predicted molar refractivity (Wildman–Crippen MR) is 88.1 cm³/mol. The lowest BCUT2D eigenvalue weighted by atomic mass is 10.1. The van der Waals surface area contributed by atoms with Crippen molar-refractivity contribution in [3.63, 3.8) is 0 Å². The van der Waals surface area contributed by atoms with E-state index in [0.29, 0.717) is 11.8 Å². The van der Waals surface area contributed by atoms with Crippen LogP contribution in [0.1, 0.15) is 27.8 Å². The Morgan fingerprint density at radius 1 is 1.05 bits per heavy atom. The van der Waals surface area contributed by atoms with Gasteiger partial charge in [0, 0.05) is 5.56 Å². The number of aromatic nitrogens is 2. The van der Waals surface area contributed by atoms with Gasteiger partial charge in [0.2, 0.25) is 11.8 Å². The molecule has 0 saturated heterocycles. The molecule has 2 aromatic carbocycles. The Morgan fingerprint density at radius 3 is 2.45 bits per heavy atom. The molecule has 0 saturated carbocycles. The van der Waals surface area contributed by atoms with Gasteiger partial charge in [0.15, 0.2) is 0 Å². The molecule has 0 spiro atoms. The second kappa shape index (κ2) is 5.85. The average molecular weight is 312 g/mol. The van der Waals surface area contributed by atoms with Gasteiger partial charge in [-0.3, -0.25) is 0 Å². The summed E-state index contributed by atoms with van der Waals surface area (Å²) in [6.07, 6.45) is 0. The van der Waals surface area contributed by atoms with E-state index >= 15 is 0 Å². The maximum Gasteiger partial charge on any atom is 0.247 e. The van der Waals surface area contributed by atoms with Gasteiger partial charge < -0.3 is 9.52 Å². The average Bonchev–Trinajstić information content (AvgIpc) is 3.00. The molecular weight excluding hydrogens is 296 g/mol. The summed E-state index contributed by atoms with van der Waals surface area (Å²) in [6, 6.07) is 13.2. The summed E-state index contributed by atoms with van der Waals surface area (Å²) >= 11 is 4.55. The fraction of sp³-hybridized carbons (Fsp3) is 0.176. The number of aryl methyl sites for hydroxylation is 2. The van der Waals surface area contributed by atoms with Crippen molar-refractivity contribution in [2.75, 3.05) is 0 Å². The largest absolute Gasteiger partial charge is 0.508 e. The van der Waals surface area contributed by atoms with Gasteiger partial charge in [-0.25, -0.2) is 0 Å². The van der Waals surface area contributed by atoms with Crippen LogP contribution in [0.2, 0.25) is 0 Å². The molecule has 3 rings (SSSR count). The van der Waals surface area contributed by atoms with Gasteiger partial charge in [-0.2, -0.15) is 12.6 Å². The number of benzene rings is 2. The quantitative estimate of drug-likeness (QED) is 0.716. The van der Waals surface area contributed by atoms with Gasteiger partial charge in [0.05, 0.1) is 0 Å². The third kappa shape index (κ3) is 2.85. The van der Waals surface area contributed by atoms with Crippen LogP contribution in [0.4, 0.5) is 0 Å². The lowest BCUT2D eigenvalue weighted by Gasteiger charge is -2.08.